The van der Waals surface area contributed by atoms with Crippen LogP contribution >= 0.6 is 11.6 Å². The number of carbonyl (C=O) groups is 2. The van der Waals surface area contributed by atoms with E-state index in [0.717, 1.165) is 5.56 Å². The van der Waals surface area contributed by atoms with Gasteiger partial charge in [-0.3, -0.25) is 4.79 Å². The average Bonchev–Trinajstić information content (AvgIpc) is 2.70. The molecule has 0 aliphatic carbocycles. The molecule has 3 aromatic rings. The van der Waals surface area contributed by atoms with Gasteiger partial charge in [-0.1, -0.05) is 23.7 Å². The number of para-hydroxylation sites is 1. The van der Waals surface area contributed by atoms with Crippen molar-refractivity contribution >= 4 is 40.7 Å². The van der Waals surface area contributed by atoms with E-state index in [0.29, 0.717) is 27.8 Å². The molecule has 28 heavy (non-hydrogen) atoms. The van der Waals surface area contributed by atoms with Gasteiger partial charge in [0.15, 0.2) is 0 Å². The molecule has 0 atom stereocenters. The van der Waals surface area contributed by atoms with Crippen LogP contribution in [0.4, 0.5) is 17.2 Å². The summed E-state index contributed by atoms with van der Waals surface area (Å²) < 4.78 is 4.78. The maximum Gasteiger partial charge on any atom is 0.339 e. The lowest BCUT2D eigenvalue weighted by atomic mass is 10.2. The van der Waals surface area contributed by atoms with Gasteiger partial charge in [0.05, 0.1) is 18.4 Å². The van der Waals surface area contributed by atoms with Gasteiger partial charge in [-0.2, -0.15) is 0 Å². The van der Waals surface area contributed by atoms with Crippen molar-refractivity contribution < 1.29 is 14.3 Å². The van der Waals surface area contributed by atoms with Gasteiger partial charge >= 0.3 is 5.97 Å². The van der Waals surface area contributed by atoms with E-state index in [9.17, 15) is 9.59 Å². The number of carbonyl (C=O) groups excluding carboxylic acids is 2. The number of rotatable bonds is 5. The first-order valence-electron chi connectivity index (χ1n) is 8.32. The predicted molar refractivity (Wildman–Crippen MR) is 107 cm³/mol. The first kappa shape index (κ1) is 19.3. The van der Waals surface area contributed by atoms with E-state index in [1.807, 2.05) is 6.92 Å². The number of nitrogens with one attached hydrogen (secondary N) is 2. The second kappa shape index (κ2) is 8.49. The van der Waals surface area contributed by atoms with Crippen LogP contribution in [0.3, 0.4) is 0 Å². The Balaban J connectivity index is 1.81. The van der Waals surface area contributed by atoms with Crippen LogP contribution in [0.1, 0.15) is 26.4 Å². The van der Waals surface area contributed by atoms with Crippen molar-refractivity contribution in [3.05, 3.63) is 76.7 Å². The smallest absolute Gasteiger partial charge is 0.339 e. The minimum Gasteiger partial charge on any atom is -0.465 e. The van der Waals surface area contributed by atoms with Crippen LogP contribution < -0.4 is 10.6 Å². The van der Waals surface area contributed by atoms with E-state index in [4.69, 9.17) is 16.3 Å². The second-order valence-electron chi connectivity index (χ2n) is 5.86. The summed E-state index contributed by atoms with van der Waals surface area (Å²) in [5.74, 6) is -0.505. The number of anilines is 3. The zero-order chi connectivity index (χ0) is 20.1. The van der Waals surface area contributed by atoms with Crippen molar-refractivity contribution in [2.45, 2.75) is 6.92 Å². The number of benzene rings is 2. The maximum atomic E-state index is 12.5. The van der Waals surface area contributed by atoms with E-state index < -0.39 is 11.9 Å². The number of hydrogen-bond acceptors (Lipinski definition) is 6. The van der Waals surface area contributed by atoms with Crippen LogP contribution in [0.5, 0.6) is 0 Å². The largest absolute Gasteiger partial charge is 0.465 e. The number of hydrogen-bond donors (Lipinski definition) is 2. The fraction of sp³-hybridized carbons (Fsp3) is 0.100. The minimum atomic E-state index is -0.478. The number of amides is 1. The van der Waals surface area contributed by atoms with Crippen molar-refractivity contribution in [1.82, 2.24) is 9.97 Å². The Hall–Kier alpha value is -3.45. The molecular weight excluding hydrogens is 380 g/mol. The highest BCUT2D eigenvalue weighted by Gasteiger charge is 2.14. The van der Waals surface area contributed by atoms with Gasteiger partial charge in [0, 0.05) is 16.8 Å². The molecule has 1 amide bonds. The summed E-state index contributed by atoms with van der Waals surface area (Å²) in [4.78, 5) is 32.6. The molecule has 142 valence electrons. The summed E-state index contributed by atoms with van der Waals surface area (Å²) in [5, 5.41) is 6.40. The van der Waals surface area contributed by atoms with Gasteiger partial charge < -0.3 is 15.4 Å². The van der Waals surface area contributed by atoms with Crippen LogP contribution in [-0.4, -0.2) is 29.0 Å². The average molecular weight is 397 g/mol. The lowest BCUT2D eigenvalue weighted by Crippen LogP contribution is -2.15. The Labute approximate surface area is 166 Å². The summed E-state index contributed by atoms with van der Waals surface area (Å²) in [5.41, 5.74) is 2.50. The van der Waals surface area contributed by atoms with Crippen molar-refractivity contribution in [3.8, 4) is 0 Å². The van der Waals surface area contributed by atoms with Crippen LogP contribution in [0.2, 0.25) is 5.02 Å². The minimum absolute atomic E-state index is 0.169. The summed E-state index contributed by atoms with van der Waals surface area (Å²) in [6, 6.07) is 13.5. The molecule has 0 saturated carbocycles. The summed E-state index contributed by atoms with van der Waals surface area (Å²) in [7, 11) is 1.31. The van der Waals surface area contributed by atoms with E-state index in [2.05, 4.69) is 20.6 Å². The van der Waals surface area contributed by atoms with E-state index in [1.54, 1.807) is 42.5 Å². The summed E-state index contributed by atoms with van der Waals surface area (Å²) in [6.45, 7) is 1.85. The third kappa shape index (κ3) is 4.44. The molecule has 1 aromatic heterocycles. The van der Waals surface area contributed by atoms with Crippen molar-refractivity contribution in [3.63, 3.8) is 0 Å². The number of methoxy groups -OCH3 is 1. The number of ether oxygens (including phenoxy) is 1. The van der Waals surface area contributed by atoms with Gasteiger partial charge in [-0.25, -0.2) is 14.8 Å². The molecule has 0 saturated heterocycles. The molecule has 2 N–H and O–H groups in total. The Bertz CT molecular complexity index is 1040. The lowest BCUT2D eigenvalue weighted by Gasteiger charge is -2.11. The molecule has 7 nitrogen and oxygen atoms in total. The zero-order valence-electron chi connectivity index (χ0n) is 15.2. The third-order valence-corrected chi connectivity index (χ3v) is 4.17. The zero-order valence-corrected chi connectivity index (χ0v) is 15.9. The quantitative estimate of drug-likeness (QED) is 0.627. The first-order chi connectivity index (χ1) is 13.5. The summed E-state index contributed by atoms with van der Waals surface area (Å²) in [6.07, 6.45) is 1.27. The monoisotopic (exact) mass is 396 g/mol. The van der Waals surface area contributed by atoms with Crippen LogP contribution in [0, 0.1) is 6.92 Å². The Kier molecular flexibility index (Phi) is 5.86. The highest BCUT2D eigenvalue weighted by atomic mass is 35.5. The van der Waals surface area contributed by atoms with Crippen LogP contribution in [0.25, 0.3) is 0 Å². The van der Waals surface area contributed by atoms with Gasteiger partial charge in [0.2, 0.25) is 0 Å². The Morgan fingerprint density at radius 3 is 2.57 bits per heavy atom. The first-order valence-corrected chi connectivity index (χ1v) is 8.69. The van der Waals surface area contributed by atoms with E-state index in [-0.39, 0.29) is 5.69 Å². The molecule has 8 heteroatoms. The van der Waals surface area contributed by atoms with E-state index >= 15 is 0 Å². The Morgan fingerprint density at radius 1 is 1.04 bits per heavy atom. The van der Waals surface area contributed by atoms with Gasteiger partial charge in [-0.15, -0.1) is 0 Å². The molecule has 3 rings (SSSR count). The number of aromatic nitrogens is 2. The third-order valence-electron chi connectivity index (χ3n) is 3.93. The molecule has 0 radical (unpaired) electrons. The fourth-order valence-electron chi connectivity index (χ4n) is 2.52. The fourth-order valence-corrected chi connectivity index (χ4v) is 2.75. The van der Waals surface area contributed by atoms with Crippen LogP contribution in [-0.2, 0) is 4.74 Å². The molecule has 1 heterocycles. The predicted octanol–water partition coefficient (Wildman–Crippen LogP) is 4.22. The number of esters is 1. The van der Waals surface area contributed by atoms with Gasteiger partial charge in [0.25, 0.3) is 5.91 Å². The molecular formula is C20H17ClN4O3. The van der Waals surface area contributed by atoms with E-state index in [1.165, 1.54) is 19.5 Å². The Morgan fingerprint density at radius 2 is 1.82 bits per heavy atom. The highest BCUT2D eigenvalue weighted by Crippen LogP contribution is 2.22. The SMILES string of the molecule is COC(=O)c1ccccc1Nc1cc(C(=O)Nc2ccc(Cl)cc2C)ncn1. The van der Waals surface area contributed by atoms with Crippen molar-refractivity contribution in [1.29, 1.82) is 0 Å². The number of nitrogens with zero attached hydrogens (tertiary/aromatic N) is 2. The second-order valence-corrected chi connectivity index (χ2v) is 6.30. The molecule has 0 aliphatic heterocycles. The number of aryl methyl sites for hydroxylation is 1. The topological polar surface area (TPSA) is 93.2 Å². The van der Waals surface area contributed by atoms with Crippen LogP contribution in [0.15, 0.2) is 54.9 Å². The lowest BCUT2D eigenvalue weighted by molar-refractivity contribution is 0.0601. The molecule has 0 spiro atoms. The van der Waals surface area contributed by atoms with Gasteiger partial charge in [-0.05, 0) is 42.8 Å². The van der Waals surface area contributed by atoms with Gasteiger partial charge in [0.1, 0.15) is 17.8 Å². The molecule has 0 bridgehead atoms. The molecule has 0 aliphatic rings. The van der Waals surface area contributed by atoms with Crippen molar-refractivity contribution in [2.75, 3.05) is 17.7 Å². The molecule has 2 aromatic carbocycles. The molecule has 0 fully saturated rings. The van der Waals surface area contributed by atoms with Crippen molar-refractivity contribution in [2.24, 2.45) is 0 Å². The normalized spacial score (nSPS) is 10.2. The number of halogens is 1. The standard InChI is InChI=1S/C20H17ClN4O3/c1-12-9-13(21)7-8-15(12)25-19(26)17-10-18(23-11-22-17)24-16-6-4-3-5-14(16)20(27)28-2/h3-11H,1-2H3,(H,25,26)(H,22,23,24). The maximum absolute atomic E-state index is 12.5. The molecule has 0 unspecified atom stereocenters. The summed E-state index contributed by atoms with van der Waals surface area (Å²) >= 11 is 5.94. The highest BCUT2D eigenvalue weighted by molar-refractivity contribution is 6.30.